The standard InChI is InChI=1S/C30H21BrCl2N2OS/c31-22-5-1-3-19(16-22)17-26-29(36)35-28(20-9-13-24(33)14-10-20)25-6-2-4-21(27(25)34-30(35)37-26)15-18-7-11-23(32)12-8-18/h1,3,5,7-17,28H,2,4,6H2/b21-15+,26-17+/t28-/m0/s1. The zero-order chi connectivity index (χ0) is 25.5. The lowest BCUT2D eigenvalue weighted by Gasteiger charge is -2.31. The number of halogens is 3. The van der Waals surface area contributed by atoms with E-state index in [9.17, 15) is 4.79 Å². The van der Waals surface area contributed by atoms with Gasteiger partial charge in [0.05, 0.1) is 16.3 Å². The number of hydrogen-bond donors (Lipinski definition) is 0. The molecule has 0 radical (unpaired) electrons. The van der Waals surface area contributed by atoms with E-state index in [1.807, 2.05) is 83.4 Å². The minimum Gasteiger partial charge on any atom is -0.272 e. The summed E-state index contributed by atoms with van der Waals surface area (Å²) in [6.45, 7) is 0. The first-order chi connectivity index (χ1) is 18.0. The molecule has 7 heteroatoms. The van der Waals surface area contributed by atoms with Gasteiger partial charge in [0, 0.05) is 14.5 Å². The van der Waals surface area contributed by atoms with E-state index in [4.69, 9.17) is 28.2 Å². The summed E-state index contributed by atoms with van der Waals surface area (Å²) in [6, 6.07) is 23.4. The molecule has 0 fully saturated rings. The average Bonchev–Trinajstić information content (AvgIpc) is 3.19. The van der Waals surface area contributed by atoms with Crippen molar-refractivity contribution in [2.24, 2.45) is 4.99 Å². The summed E-state index contributed by atoms with van der Waals surface area (Å²) in [5.74, 6) is 0. The SMILES string of the molecule is O=c1/c(=C\c2cccc(Br)c2)sc2n1[C@@H](c1ccc(Cl)cc1)C1=C(N=2)/C(=C/c2ccc(Cl)cc2)CCC1. The molecule has 37 heavy (non-hydrogen) atoms. The van der Waals surface area contributed by atoms with Crippen LogP contribution >= 0.6 is 50.5 Å². The van der Waals surface area contributed by atoms with Crippen LogP contribution in [0.5, 0.6) is 0 Å². The highest BCUT2D eigenvalue weighted by molar-refractivity contribution is 9.10. The van der Waals surface area contributed by atoms with Gasteiger partial charge < -0.3 is 0 Å². The van der Waals surface area contributed by atoms with Crippen molar-refractivity contribution in [3.8, 4) is 0 Å². The van der Waals surface area contributed by atoms with Gasteiger partial charge in [-0.25, -0.2) is 4.99 Å². The molecule has 1 aliphatic carbocycles. The zero-order valence-corrected chi connectivity index (χ0v) is 23.5. The van der Waals surface area contributed by atoms with Gasteiger partial charge >= 0.3 is 0 Å². The summed E-state index contributed by atoms with van der Waals surface area (Å²) in [5.41, 5.74) is 6.43. The lowest BCUT2D eigenvalue weighted by molar-refractivity contribution is 0.553. The number of rotatable bonds is 3. The van der Waals surface area contributed by atoms with E-state index < -0.39 is 0 Å². The smallest absolute Gasteiger partial charge is 0.271 e. The fourth-order valence-electron chi connectivity index (χ4n) is 5.01. The van der Waals surface area contributed by atoms with Crippen LogP contribution in [0.15, 0.2) is 104 Å². The van der Waals surface area contributed by atoms with Crippen molar-refractivity contribution in [2.75, 3.05) is 0 Å². The second-order valence-electron chi connectivity index (χ2n) is 9.14. The van der Waals surface area contributed by atoms with Crippen molar-refractivity contribution in [2.45, 2.75) is 25.3 Å². The van der Waals surface area contributed by atoms with Gasteiger partial charge in [-0.1, -0.05) is 86.9 Å². The van der Waals surface area contributed by atoms with Gasteiger partial charge in [-0.15, -0.1) is 0 Å². The van der Waals surface area contributed by atoms with Crippen LogP contribution in [0.25, 0.3) is 12.2 Å². The fourth-order valence-corrected chi connectivity index (χ4v) is 6.68. The van der Waals surface area contributed by atoms with Crippen molar-refractivity contribution in [3.63, 3.8) is 0 Å². The van der Waals surface area contributed by atoms with Crippen LogP contribution < -0.4 is 14.9 Å². The van der Waals surface area contributed by atoms with Crippen LogP contribution in [-0.2, 0) is 0 Å². The largest absolute Gasteiger partial charge is 0.272 e. The molecule has 1 aliphatic heterocycles. The van der Waals surface area contributed by atoms with Crippen molar-refractivity contribution in [1.29, 1.82) is 0 Å². The van der Waals surface area contributed by atoms with Crippen LogP contribution in [0.4, 0.5) is 0 Å². The number of nitrogens with zero attached hydrogens (tertiary/aromatic N) is 2. The molecule has 2 aliphatic rings. The molecule has 4 aromatic rings. The Bertz CT molecular complexity index is 1750. The Morgan fingerprint density at radius 1 is 0.919 bits per heavy atom. The summed E-state index contributed by atoms with van der Waals surface area (Å²) in [7, 11) is 0. The maximum absolute atomic E-state index is 13.8. The molecule has 1 aromatic heterocycles. The summed E-state index contributed by atoms with van der Waals surface area (Å²) < 4.78 is 3.50. The number of aromatic nitrogens is 1. The lowest BCUT2D eigenvalue weighted by Crippen LogP contribution is -2.39. The number of thiazole rings is 1. The molecule has 184 valence electrons. The number of allylic oxidation sites excluding steroid dienone is 2. The van der Waals surface area contributed by atoms with Gasteiger partial charge in [-0.2, -0.15) is 0 Å². The van der Waals surface area contributed by atoms with Crippen LogP contribution in [0, 0.1) is 0 Å². The number of hydrogen-bond acceptors (Lipinski definition) is 3. The normalized spacial score (nSPS) is 18.5. The molecule has 0 amide bonds. The molecule has 2 heterocycles. The van der Waals surface area contributed by atoms with Gasteiger partial charge in [0.25, 0.3) is 5.56 Å². The summed E-state index contributed by atoms with van der Waals surface area (Å²) in [4.78, 5) is 19.7. The van der Waals surface area contributed by atoms with E-state index in [1.165, 1.54) is 22.5 Å². The highest BCUT2D eigenvalue weighted by Crippen LogP contribution is 2.41. The molecule has 3 nitrogen and oxygen atoms in total. The molecule has 6 rings (SSSR count). The Labute approximate surface area is 236 Å². The predicted molar refractivity (Wildman–Crippen MR) is 157 cm³/mol. The van der Waals surface area contributed by atoms with Crippen molar-refractivity contribution in [3.05, 3.63) is 141 Å². The molecule has 0 bridgehead atoms. The third-order valence-corrected chi connectivity index (χ3v) is 8.66. The Hall–Kier alpha value is -2.70. The van der Waals surface area contributed by atoms with Crippen molar-refractivity contribution in [1.82, 2.24) is 4.57 Å². The third kappa shape index (κ3) is 4.94. The van der Waals surface area contributed by atoms with Gasteiger partial charge in [0.15, 0.2) is 4.80 Å². The summed E-state index contributed by atoms with van der Waals surface area (Å²) in [5, 5.41) is 1.39. The molecule has 0 saturated carbocycles. The highest BCUT2D eigenvalue weighted by atomic mass is 79.9. The first-order valence-electron chi connectivity index (χ1n) is 12.0. The first-order valence-corrected chi connectivity index (χ1v) is 14.4. The minimum atomic E-state index is -0.220. The monoisotopic (exact) mass is 606 g/mol. The van der Waals surface area contributed by atoms with Gasteiger partial charge in [0.2, 0.25) is 0 Å². The van der Waals surface area contributed by atoms with Crippen LogP contribution in [0.2, 0.25) is 10.0 Å². The van der Waals surface area contributed by atoms with Gasteiger partial charge in [0.1, 0.15) is 0 Å². The average molecular weight is 608 g/mol. The van der Waals surface area contributed by atoms with E-state index in [0.717, 1.165) is 46.1 Å². The number of benzene rings is 3. The minimum absolute atomic E-state index is 0.0240. The van der Waals surface area contributed by atoms with E-state index >= 15 is 0 Å². The molecule has 0 saturated heterocycles. The molecular formula is C30H21BrCl2N2OS. The van der Waals surface area contributed by atoms with Crippen LogP contribution in [0.3, 0.4) is 0 Å². The van der Waals surface area contributed by atoms with E-state index in [0.29, 0.717) is 19.4 Å². The van der Waals surface area contributed by atoms with Crippen molar-refractivity contribution < 1.29 is 0 Å². The fraction of sp³-hybridized carbons (Fsp3) is 0.133. The molecule has 0 N–H and O–H groups in total. The van der Waals surface area contributed by atoms with Gasteiger partial charge in [-0.05, 0) is 95.6 Å². The summed E-state index contributed by atoms with van der Waals surface area (Å²) in [6.07, 6.45) is 6.97. The van der Waals surface area contributed by atoms with Crippen LogP contribution in [0.1, 0.15) is 42.0 Å². The molecule has 1 atom stereocenters. The highest BCUT2D eigenvalue weighted by Gasteiger charge is 2.32. The Morgan fingerprint density at radius 2 is 1.65 bits per heavy atom. The Kier molecular flexibility index (Phi) is 6.80. The topological polar surface area (TPSA) is 34.4 Å². The zero-order valence-electron chi connectivity index (χ0n) is 19.6. The Morgan fingerprint density at radius 3 is 2.38 bits per heavy atom. The molecular weight excluding hydrogens is 587 g/mol. The quantitative estimate of drug-likeness (QED) is 0.237. The Balaban J connectivity index is 1.57. The van der Waals surface area contributed by atoms with Crippen LogP contribution in [-0.4, -0.2) is 4.57 Å². The van der Waals surface area contributed by atoms with E-state index in [-0.39, 0.29) is 11.6 Å². The third-order valence-electron chi connectivity index (χ3n) is 6.68. The second kappa shape index (κ2) is 10.2. The molecule has 0 unspecified atom stereocenters. The van der Waals surface area contributed by atoms with Crippen molar-refractivity contribution >= 4 is 62.6 Å². The second-order valence-corrected chi connectivity index (χ2v) is 11.9. The molecule has 3 aromatic carbocycles. The maximum atomic E-state index is 13.8. The van der Waals surface area contributed by atoms with Gasteiger partial charge in [-0.3, -0.25) is 9.36 Å². The van der Waals surface area contributed by atoms with E-state index in [1.54, 1.807) is 0 Å². The lowest BCUT2D eigenvalue weighted by atomic mass is 9.84. The maximum Gasteiger partial charge on any atom is 0.271 e. The predicted octanol–water partition coefficient (Wildman–Crippen LogP) is 7.55. The first kappa shape index (κ1) is 24.6. The molecule has 0 spiro atoms. The van der Waals surface area contributed by atoms with E-state index in [2.05, 4.69) is 22.0 Å². The summed E-state index contributed by atoms with van der Waals surface area (Å²) >= 11 is 17.3. The number of fused-ring (bicyclic) bond motifs is 1.